The van der Waals surface area contributed by atoms with Gasteiger partial charge in [0.1, 0.15) is 23.9 Å². The first-order valence-electron chi connectivity index (χ1n) is 10.0. The first-order chi connectivity index (χ1) is 15.4. The molecule has 33 heavy (non-hydrogen) atoms. The van der Waals surface area contributed by atoms with Crippen molar-refractivity contribution in [3.8, 4) is 5.75 Å². The molecule has 0 aliphatic carbocycles. The Kier molecular flexibility index (Phi) is 10.7. The molecule has 182 valence electrons. The molecular weight excluding hydrogens is 438 g/mol. The lowest BCUT2D eigenvalue weighted by atomic mass is 10.0. The molecule has 0 saturated heterocycles. The van der Waals surface area contributed by atoms with Crippen LogP contribution in [0.1, 0.15) is 25.3 Å². The van der Waals surface area contributed by atoms with E-state index in [4.69, 9.17) is 11.5 Å². The van der Waals surface area contributed by atoms with Crippen molar-refractivity contribution in [1.29, 1.82) is 0 Å². The standard InChI is InChI=1S/C20H29N5O8/c1-10(21)17(29)25-15(9-26)19(31)23-13(6-7-16(22)28)18(30)24-14(20(32)33)8-11-2-4-12(27)5-3-11/h2-5,10,13-15,26-27H,6-9,21H2,1H3,(H2,22,28)(H,23,31)(H,24,30)(H,25,29)(H,32,33). The number of aromatic hydroxyl groups is 1. The van der Waals surface area contributed by atoms with E-state index in [1.807, 2.05) is 0 Å². The Morgan fingerprint density at radius 3 is 1.91 bits per heavy atom. The molecule has 4 atom stereocenters. The van der Waals surface area contributed by atoms with E-state index in [-0.39, 0.29) is 25.0 Å². The van der Waals surface area contributed by atoms with Crippen molar-refractivity contribution in [2.45, 2.75) is 50.4 Å². The van der Waals surface area contributed by atoms with Crippen molar-refractivity contribution < 1.29 is 39.3 Å². The van der Waals surface area contributed by atoms with E-state index in [0.717, 1.165) is 0 Å². The molecule has 13 nitrogen and oxygen atoms in total. The molecule has 4 unspecified atom stereocenters. The van der Waals surface area contributed by atoms with Gasteiger partial charge in [-0.05, 0) is 31.0 Å². The van der Waals surface area contributed by atoms with Crippen molar-refractivity contribution in [2.24, 2.45) is 11.5 Å². The Morgan fingerprint density at radius 2 is 1.42 bits per heavy atom. The van der Waals surface area contributed by atoms with Gasteiger partial charge in [-0.3, -0.25) is 19.2 Å². The van der Waals surface area contributed by atoms with E-state index in [9.17, 15) is 39.3 Å². The van der Waals surface area contributed by atoms with Gasteiger partial charge >= 0.3 is 5.97 Å². The summed E-state index contributed by atoms with van der Waals surface area (Å²) in [6.45, 7) is 0.567. The zero-order valence-electron chi connectivity index (χ0n) is 18.0. The SMILES string of the molecule is CC(N)C(=O)NC(CO)C(=O)NC(CCC(N)=O)C(=O)NC(Cc1ccc(O)cc1)C(=O)O. The van der Waals surface area contributed by atoms with Crippen molar-refractivity contribution in [3.63, 3.8) is 0 Å². The second kappa shape index (κ2) is 13.0. The smallest absolute Gasteiger partial charge is 0.326 e. The van der Waals surface area contributed by atoms with Crippen LogP contribution in [0.4, 0.5) is 0 Å². The maximum Gasteiger partial charge on any atom is 0.326 e. The van der Waals surface area contributed by atoms with Gasteiger partial charge in [-0.25, -0.2) is 4.79 Å². The number of aliphatic hydroxyl groups excluding tert-OH is 1. The van der Waals surface area contributed by atoms with Crippen LogP contribution in [0.5, 0.6) is 5.75 Å². The first-order valence-corrected chi connectivity index (χ1v) is 10.0. The van der Waals surface area contributed by atoms with Crippen LogP contribution >= 0.6 is 0 Å². The van der Waals surface area contributed by atoms with Crippen LogP contribution in [0.15, 0.2) is 24.3 Å². The van der Waals surface area contributed by atoms with Gasteiger partial charge in [-0.1, -0.05) is 12.1 Å². The van der Waals surface area contributed by atoms with E-state index < -0.39 is 60.4 Å². The lowest BCUT2D eigenvalue weighted by molar-refractivity contribution is -0.142. The van der Waals surface area contributed by atoms with Gasteiger partial charge in [-0.2, -0.15) is 0 Å². The Balaban J connectivity index is 2.95. The number of carboxylic acid groups (broad SMARTS) is 1. The predicted octanol–water partition coefficient (Wildman–Crippen LogP) is -2.92. The molecule has 4 amide bonds. The number of carboxylic acids is 1. The quantitative estimate of drug-likeness (QED) is 0.148. The molecule has 1 aromatic carbocycles. The van der Waals surface area contributed by atoms with Crippen molar-refractivity contribution in [3.05, 3.63) is 29.8 Å². The van der Waals surface area contributed by atoms with Crippen LogP contribution in [0, 0.1) is 0 Å². The fourth-order valence-electron chi connectivity index (χ4n) is 2.67. The number of carbonyl (C=O) groups is 5. The molecule has 0 aliphatic rings. The monoisotopic (exact) mass is 467 g/mol. The highest BCUT2D eigenvalue weighted by atomic mass is 16.4. The number of nitrogens with two attached hydrogens (primary N) is 2. The molecule has 13 heteroatoms. The number of aliphatic carboxylic acids is 1. The van der Waals surface area contributed by atoms with Gasteiger partial charge < -0.3 is 42.7 Å². The highest BCUT2D eigenvalue weighted by Crippen LogP contribution is 2.12. The zero-order valence-corrected chi connectivity index (χ0v) is 18.0. The van der Waals surface area contributed by atoms with E-state index in [2.05, 4.69) is 16.0 Å². The number of rotatable bonds is 13. The Hall–Kier alpha value is -3.71. The number of primary amides is 1. The second-order valence-corrected chi connectivity index (χ2v) is 7.37. The van der Waals surface area contributed by atoms with Crippen LogP contribution in [-0.2, 0) is 30.4 Å². The highest BCUT2D eigenvalue weighted by Gasteiger charge is 2.30. The number of phenols is 1. The van der Waals surface area contributed by atoms with Gasteiger partial charge in [0, 0.05) is 12.8 Å². The number of benzene rings is 1. The molecule has 1 aromatic rings. The molecule has 0 aliphatic heterocycles. The fourth-order valence-corrected chi connectivity index (χ4v) is 2.67. The number of aliphatic hydroxyl groups is 1. The highest BCUT2D eigenvalue weighted by molar-refractivity contribution is 5.94. The minimum atomic E-state index is -1.43. The summed E-state index contributed by atoms with van der Waals surface area (Å²) in [6.07, 6.45) is -0.677. The third kappa shape index (κ3) is 9.53. The maximum atomic E-state index is 12.7. The van der Waals surface area contributed by atoms with Crippen molar-refractivity contribution in [2.75, 3.05) is 6.61 Å². The molecule has 0 spiro atoms. The molecular formula is C20H29N5O8. The molecule has 0 radical (unpaired) electrons. The first kappa shape index (κ1) is 27.3. The van der Waals surface area contributed by atoms with Crippen molar-refractivity contribution >= 4 is 29.6 Å². The van der Waals surface area contributed by atoms with Crippen LogP contribution in [0.2, 0.25) is 0 Å². The Bertz CT molecular complexity index is 859. The third-order valence-corrected chi connectivity index (χ3v) is 4.53. The molecule has 0 aromatic heterocycles. The average Bonchev–Trinajstić information content (AvgIpc) is 2.74. The molecule has 0 fully saturated rings. The van der Waals surface area contributed by atoms with Crippen LogP contribution in [0.25, 0.3) is 0 Å². The lowest BCUT2D eigenvalue weighted by Crippen LogP contribution is -2.58. The van der Waals surface area contributed by atoms with Gasteiger partial charge in [-0.15, -0.1) is 0 Å². The largest absolute Gasteiger partial charge is 0.508 e. The van der Waals surface area contributed by atoms with Gasteiger partial charge in [0.15, 0.2) is 0 Å². The van der Waals surface area contributed by atoms with Gasteiger partial charge in [0.2, 0.25) is 23.6 Å². The summed E-state index contributed by atoms with van der Waals surface area (Å²) in [4.78, 5) is 59.7. The minimum absolute atomic E-state index is 0.0153. The maximum absolute atomic E-state index is 12.7. The van der Waals surface area contributed by atoms with E-state index in [0.29, 0.717) is 5.56 Å². The number of nitrogens with one attached hydrogen (secondary N) is 3. The van der Waals surface area contributed by atoms with E-state index in [1.54, 1.807) is 0 Å². The minimum Gasteiger partial charge on any atom is -0.508 e. The normalized spacial score (nSPS) is 14.3. The Labute approximate surface area is 189 Å². The average molecular weight is 467 g/mol. The van der Waals surface area contributed by atoms with E-state index >= 15 is 0 Å². The molecule has 0 bridgehead atoms. The van der Waals surface area contributed by atoms with Gasteiger partial charge in [0.25, 0.3) is 0 Å². The Morgan fingerprint density at radius 1 is 0.909 bits per heavy atom. The molecule has 0 saturated carbocycles. The van der Waals surface area contributed by atoms with Crippen LogP contribution in [0.3, 0.4) is 0 Å². The lowest BCUT2D eigenvalue weighted by Gasteiger charge is -2.24. The number of hydrogen-bond acceptors (Lipinski definition) is 8. The zero-order chi connectivity index (χ0) is 25.1. The van der Waals surface area contributed by atoms with E-state index in [1.165, 1.54) is 31.2 Å². The van der Waals surface area contributed by atoms with Crippen LogP contribution < -0.4 is 27.4 Å². The summed E-state index contributed by atoms with van der Waals surface area (Å²) < 4.78 is 0. The summed E-state index contributed by atoms with van der Waals surface area (Å²) in [6, 6.07) is 0.522. The number of hydrogen-bond donors (Lipinski definition) is 8. The fraction of sp³-hybridized carbons (Fsp3) is 0.450. The molecule has 1 rings (SSSR count). The topological polar surface area (TPSA) is 234 Å². The summed E-state index contributed by atoms with van der Waals surface area (Å²) in [5.74, 6) is -4.70. The summed E-state index contributed by atoms with van der Waals surface area (Å²) >= 11 is 0. The summed E-state index contributed by atoms with van der Waals surface area (Å²) in [7, 11) is 0. The molecule has 10 N–H and O–H groups in total. The number of amides is 4. The summed E-state index contributed by atoms with van der Waals surface area (Å²) in [5, 5.41) is 35.0. The predicted molar refractivity (Wildman–Crippen MR) is 114 cm³/mol. The second-order valence-electron chi connectivity index (χ2n) is 7.37. The third-order valence-electron chi connectivity index (χ3n) is 4.53. The number of phenolic OH excluding ortho intramolecular Hbond substituents is 1. The van der Waals surface area contributed by atoms with Crippen LogP contribution in [-0.4, -0.2) is 75.7 Å². The molecule has 0 heterocycles. The van der Waals surface area contributed by atoms with Crippen molar-refractivity contribution in [1.82, 2.24) is 16.0 Å². The summed E-state index contributed by atoms with van der Waals surface area (Å²) in [5.41, 5.74) is 11.0. The van der Waals surface area contributed by atoms with Gasteiger partial charge in [0.05, 0.1) is 12.6 Å². The number of carbonyl (C=O) groups excluding carboxylic acids is 4.